The van der Waals surface area contributed by atoms with Crippen LogP contribution < -0.4 is 5.32 Å². The molecule has 1 amide bonds. The predicted octanol–water partition coefficient (Wildman–Crippen LogP) is 2.75. The number of allylic oxidation sites excluding steroid dienone is 1. The number of anilines is 1. The molecule has 1 heterocycles. The molecule has 136 valence electrons. The molecule has 2 aromatic carbocycles. The van der Waals surface area contributed by atoms with Gasteiger partial charge in [0.15, 0.2) is 0 Å². The SMILES string of the molecule is CN1CCN(C)C2=C(c3ccccc3)C(=O)C(C(=O)Nc3ccccc3)=C21. The first-order valence-corrected chi connectivity index (χ1v) is 8.95. The van der Waals surface area contributed by atoms with Gasteiger partial charge < -0.3 is 15.1 Å². The summed E-state index contributed by atoms with van der Waals surface area (Å²) < 4.78 is 0. The fraction of sp³-hybridized carbons (Fsp3) is 0.182. The first-order valence-electron chi connectivity index (χ1n) is 8.95. The summed E-state index contributed by atoms with van der Waals surface area (Å²) in [7, 11) is 3.90. The Morgan fingerprint density at radius 1 is 0.852 bits per heavy atom. The minimum atomic E-state index is -0.369. The summed E-state index contributed by atoms with van der Waals surface area (Å²) in [5.74, 6) is -0.591. The normalized spacial score (nSPS) is 16.7. The van der Waals surface area contributed by atoms with Crippen molar-refractivity contribution in [3.8, 4) is 0 Å². The maximum absolute atomic E-state index is 13.4. The van der Waals surface area contributed by atoms with E-state index in [0.717, 1.165) is 24.4 Å². The molecule has 0 spiro atoms. The summed E-state index contributed by atoms with van der Waals surface area (Å²) in [6.45, 7) is 1.55. The van der Waals surface area contributed by atoms with Gasteiger partial charge in [-0.05, 0) is 17.7 Å². The van der Waals surface area contributed by atoms with Crippen LogP contribution in [0.1, 0.15) is 5.56 Å². The number of para-hydroxylation sites is 1. The van der Waals surface area contributed by atoms with E-state index < -0.39 is 0 Å². The lowest BCUT2D eigenvalue weighted by Gasteiger charge is -2.36. The number of carbonyl (C=O) groups is 2. The smallest absolute Gasteiger partial charge is 0.261 e. The number of amides is 1. The van der Waals surface area contributed by atoms with Gasteiger partial charge in [0.25, 0.3) is 5.91 Å². The third kappa shape index (κ3) is 2.91. The molecule has 1 fully saturated rings. The van der Waals surface area contributed by atoms with Crippen molar-refractivity contribution in [3.05, 3.63) is 83.2 Å². The van der Waals surface area contributed by atoms with Gasteiger partial charge in [0.1, 0.15) is 5.57 Å². The average Bonchev–Trinajstić information content (AvgIpc) is 3.00. The molecule has 0 radical (unpaired) electrons. The molecule has 1 saturated heterocycles. The van der Waals surface area contributed by atoms with E-state index in [9.17, 15) is 9.59 Å². The number of nitrogens with zero attached hydrogens (tertiary/aromatic N) is 2. The van der Waals surface area contributed by atoms with E-state index in [-0.39, 0.29) is 17.3 Å². The van der Waals surface area contributed by atoms with Crippen LogP contribution in [0.25, 0.3) is 5.57 Å². The van der Waals surface area contributed by atoms with E-state index in [0.29, 0.717) is 17.0 Å². The van der Waals surface area contributed by atoms with Crippen molar-refractivity contribution in [3.63, 3.8) is 0 Å². The molecule has 0 atom stereocenters. The topological polar surface area (TPSA) is 52.7 Å². The summed E-state index contributed by atoms with van der Waals surface area (Å²) in [5, 5.41) is 2.87. The molecular weight excluding hydrogens is 338 g/mol. The van der Waals surface area contributed by atoms with Crippen LogP contribution >= 0.6 is 0 Å². The molecule has 27 heavy (non-hydrogen) atoms. The van der Waals surface area contributed by atoms with Gasteiger partial charge in [0.2, 0.25) is 5.78 Å². The Morgan fingerprint density at radius 3 is 2.04 bits per heavy atom. The van der Waals surface area contributed by atoms with E-state index >= 15 is 0 Å². The summed E-state index contributed by atoms with van der Waals surface area (Å²) in [6, 6.07) is 18.8. The van der Waals surface area contributed by atoms with Gasteiger partial charge in [-0.25, -0.2) is 0 Å². The molecule has 0 bridgehead atoms. The highest BCUT2D eigenvalue weighted by atomic mass is 16.2. The molecule has 0 saturated carbocycles. The maximum Gasteiger partial charge on any atom is 0.261 e. The quantitative estimate of drug-likeness (QED) is 0.857. The summed E-state index contributed by atoms with van der Waals surface area (Å²) in [5.41, 5.74) is 3.85. The third-order valence-corrected chi connectivity index (χ3v) is 5.01. The lowest BCUT2D eigenvalue weighted by Crippen LogP contribution is -2.39. The molecule has 1 aliphatic carbocycles. The minimum Gasteiger partial charge on any atom is -0.371 e. The number of benzene rings is 2. The molecule has 1 N–H and O–H groups in total. The number of hydrogen-bond donors (Lipinski definition) is 1. The Kier molecular flexibility index (Phi) is 4.28. The van der Waals surface area contributed by atoms with Crippen LogP contribution in [0, 0.1) is 0 Å². The molecule has 4 rings (SSSR count). The highest BCUT2D eigenvalue weighted by Crippen LogP contribution is 2.40. The number of hydrogen-bond acceptors (Lipinski definition) is 4. The van der Waals surface area contributed by atoms with Gasteiger partial charge in [-0.1, -0.05) is 48.5 Å². The number of fused-ring (bicyclic) bond motifs is 1. The van der Waals surface area contributed by atoms with E-state index in [2.05, 4.69) is 10.2 Å². The van der Waals surface area contributed by atoms with Crippen molar-refractivity contribution in [2.75, 3.05) is 32.5 Å². The predicted molar refractivity (Wildman–Crippen MR) is 106 cm³/mol. The zero-order chi connectivity index (χ0) is 19.0. The second-order valence-electron chi connectivity index (χ2n) is 6.81. The monoisotopic (exact) mass is 359 g/mol. The van der Waals surface area contributed by atoms with E-state index in [4.69, 9.17) is 0 Å². The number of likely N-dealkylation sites (N-methyl/N-ethyl adjacent to an activating group) is 2. The molecule has 2 aromatic rings. The zero-order valence-electron chi connectivity index (χ0n) is 15.4. The van der Waals surface area contributed by atoms with Gasteiger partial charge >= 0.3 is 0 Å². The highest BCUT2D eigenvalue weighted by Gasteiger charge is 2.41. The lowest BCUT2D eigenvalue weighted by atomic mass is 10.0. The highest BCUT2D eigenvalue weighted by molar-refractivity contribution is 6.43. The van der Waals surface area contributed by atoms with Crippen molar-refractivity contribution in [2.24, 2.45) is 0 Å². The standard InChI is InChI=1S/C22H21N3O2/c1-24-13-14-25(2)20-18(22(27)23-16-11-7-4-8-12-16)21(26)17(19(20)24)15-9-5-3-6-10-15/h3-12H,13-14H2,1-2H3,(H,23,27). The third-order valence-electron chi connectivity index (χ3n) is 5.01. The van der Waals surface area contributed by atoms with Crippen molar-refractivity contribution in [2.45, 2.75) is 0 Å². The fourth-order valence-corrected chi connectivity index (χ4v) is 3.64. The summed E-state index contributed by atoms with van der Waals surface area (Å²) >= 11 is 0. The van der Waals surface area contributed by atoms with E-state index in [1.165, 1.54) is 0 Å². The van der Waals surface area contributed by atoms with Crippen molar-refractivity contribution < 1.29 is 9.59 Å². The van der Waals surface area contributed by atoms with Crippen LogP contribution in [0.15, 0.2) is 77.6 Å². The van der Waals surface area contributed by atoms with Crippen LogP contribution in [0.4, 0.5) is 5.69 Å². The Hall–Kier alpha value is -3.34. The van der Waals surface area contributed by atoms with Crippen LogP contribution in [-0.4, -0.2) is 48.7 Å². The second-order valence-corrected chi connectivity index (χ2v) is 6.81. The number of Topliss-reactive ketones (excluding diaryl/α,β-unsaturated/α-hetero) is 1. The Labute approximate surface area is 158 Å². The number of carbonyl (C=O) groups excluding carboxylic acids is 2. The Morgan fingerprint density at radius 2 is 1.41 bits per heavy atom. The number of ketones is 1. The van der Waals surface area contributed by atoms with Gasteiger partial charge in [-0.3, -0.25) is 9.59 Å². The Bertz CT molecular complexity index is 962. The van der Waals surface area contributed by atoms with E-state index in [1.54, 1.807) is 0 Å². The molecule has 1 aliphatic heterocycles. The number of rotatable bonds is 3. The van der Waals surface area contributed by atoms with Gasteiger partial charge in [-0.15, -0.1) is 0 Å². The van der Waals surface area contributed by atoms with Crippen LogP contribution in [0.3, 0.4) is 0 Å². The molecule has 2 aliphatic rings. The zero-order valence-corrected chi connectivity index (χ0v) is 15.4. The Balaban J connectivity index is 1.80. The molecule has 0 unspecified atom stereocenters. The average molecular weight is 359 g/mol. The van der Waals surface area contributed by atoms with Crippen LogP contribution in [0.5, 0.6) is 0 Å². The molecule has 5 heteroatoms. The minimum absolute atomic E-state index is 0.210. The van der Waals surface area contributed by atoms with Crippen molar-refractivity contribution in [1.29, 1.82) is 0 Å². The number of piperazine rings is 1. The summed E-state index contributed by atoms with van der Waals surface area (Å²) in [4.78, 5) is 30.5. The first-order chi connectivity index (χ1) is 13.1. The first kappa shape index (κ1) is 17.1. The fourth-order valence-electron chi connectivity index (χ4n) is 3.64. The second kappa shape index (κ2) is 6.76. The maximum atomic E-state index is 13.4. The van der Waals surface area contributed by atoms with Crippen molar-refractivity contribution in [1.82, 2.24) is 9.80 Å². The van der Waals surface area contributed by atoms with Crippen LogP contribution in [-0.2, 0) is 9.59 Å². The van der Waals surface area contributed by atoms with E-state index in [1.807, 2.05) is 79.7 Å². The van der Waals surface area contributed by atoms with Gasteiger partial charge in [-0.2, -0.15) is 0 Å². The van der Waals surface area contributed by atoms with Crippen molar-refractivity contribution >= 4 is 23.0 Å². The summed E-state index contributed by atoms with van der Waals surface area (Å²) in [6.07, 6.45) is 0. The molecular formula is C22H21N3O2. The number of nitrogens with one attached hydrogen (secondary N) is 1. The molecule has 5 nitrogen and oxygen atoms in total. The lowest BCUT2D eigenvalue weighted by molar-refractivity contribution is -0.117. The van der Waals surface area contributed by atoms with Crippen LogP contribution in [0.2, 0.25) is 0 Å². The largest absolute Gasteiger partial charge is 0.371 e. The van der Waals surface area contributed by atoms with Gasteiger partial charge in [0.05, 0.1) is 17.0 Å². The van der Waals surface area contributed by atoms with Gasteiger partial charge in [0, 0.05) is 32.9 Å². The molecule has 0 aromatic heterocycles.